The fraction of sp³-hybridized carbons (Fsp3) is 0.250. The molecule has 7 nitrogen and oxygen atoms in total. The number of aryl methyl sites for hydroxylation is 1. The van der Waals surface area contributed by atoms with Crippen molar-refractivity contribution in [3.63, 3.8) is 0 Å². The van der Waals surface area contributed by atoms with Crippen LogP contribution in [0.3, 0.4) is 0 Å². The minimum atomic E-state index is -3.40. The molecule has 2 rings (SSSR count). The zero-order valence-corrected chi connectivity index (χ0v) is 12.1. The molecule has 20 heavy (non-hydrogen) atoms. The van der Waals surface area contributed by atoms with Gasteiger partial charge in [0.05, 0.1) is 11.1 Å². The lowest BCUT2D eigenvalue weighted by molar-refractivity contribution is 0.588. The Bertz CT molecular complexity index is 691. The van der Waals surface area contributed by atoms with E-state index >= 15 is 0 Å². The van der Waals surface area contributed by atoms with Crippen molar-refractivity contribution in [2.75, 3.05) is 18.1 Å². The minimum Gasteiger partial charge on any atom is -0.384 e. The van der Waals surface area contributed by atoms with Gasteiger partial charge in [-0.1, -0.05) is 0 Å². The van der Waals surface area contributed by atoms with Crippen LogP contribution in [0.2, 0.25) is 0 Å². The summed E-state index contributed by atoms with van der Waals surface area (Å²) in [5, 5.41) is 7.21. The van der Waals surface area contributed by atoms with Crippen LogP contribution in [0, 0.1) is 0 Å². The Hall–Kier alpha value is -2.06. The Morgan fingerprint density at radius 1 is 1.30 bits per heavy atom. The minimum absolute atomic E-state index is 0.228. The predicted octanol–water partition coefficient (Wildman–Crippen LogP) is 0.522. The van der Waals surface area contributed by atoms with Gasteiger partial charge in [0.15, 0.2) is 0 Å². The highest BCUT2D eigenvalue weighted by molar-refractivity contribution is 7.89. The number of nitrogens with zero attached hydrogens (tertiary/aromatic N) is 2. The van der Waals surface area contributed by atoms with Crippen molar-refractivity contribution >= 4 is 21.5 Å². The van der Waals surface area contributed by atoms with E-state index in [-0.39, 0.29) is 4.90 Å². The number of sulfonamides is 1. The van der Waals surface area contributed by atoms with Gasteiger partial charge in [-0.05, 0) is 31.3 Å². The molecule has 0 bridgehead atoms. The molecule has 1 aromatic heterocycles. The summed E-state index contributed by atoms with van der Waals surface area (Å²) in [6, 6.07) is 6.50. The van der Waals surface area contributed by atoms with Crippen LogP contribution >= 0.6 is 0 Å². The Morgan fingerprint density at radius 2 is 1.95 bits per heavy atom. The first kappa shape index (κ1) is 14.4. The van der Waals surface area contributed by atoms with Crippen molar-refractivity contribution < 1.29 is 8.42 Å². The molecule has 0 aliphatic rings. The molecular formula is C12H17N5O2S. The van der Waals surface area contributed by atoms with Crippen molar-refractivity contribution in [2.45, 2.75) is 11.4 Å². The zero-order valence-electron chi connectivity index (χ0n) is 11.3. The van der Waals surface area contributed by atoms with E-state index in [1.807, 2.05) is 0 Å². The monoisotopic (exact) mass is 295 g/mol. The van der Waals surface area contributed by atoms with Gasteiger partial charge in [0, 0.05) is 24.8 Å². The Labute approximate surface area is 117 Å². The molecule has 0 radical (unpaired) electrons. The van der Waals surface area contributed by atoms with Gasteiger partial charge in [0.2, 0.25) is 10.0 Å². The Balaban J connectivity index is 2.07. The molecule has 0 aliphatic heterocycles. The molecule has 1 heterocycles. The molecule has 4 N–H and O–H groups in total. The largest absolute Gasteiger partial charge is 0.384 e. The van der Waals surface area contributed by atoms with E-state index in [0.717, 1.165) is 11.3 Å². The number of hydrogen-bond donors (Lipinski definition) is 3. The smallest absolute Gasteiger partial charge is 0.240 e. The van der Waals surface area contributed by atoms with Gasteiger partial charge in [0.1, 0.15) is 5.82 Å². The van der Waals surface area contributed by atoms with Gasteiger partial charge in [-0.25, -0.2) is 13.1 Å². The molecule has 1 aromatic carbocycles. The SMILES string of the molecule is CNS(=O)(=O)c1ccc(NCc2cnn(C)c2N)cc1. The summed E-state index contributed by atoms with van der Waals surface area (Å²) in [5.74, 6) is 0.604. The number of nitrogens with two attached hydrogens (primary N) is 1. The standard InChI is InChI=1S/C12H17N5O2S/c1-14-20(18,19)11-5-3-10(4-6-11)15-7-9-8-16-17(2)12(9)13/h3-6,8,14-15H,7,13H2,1-2H3. The number of nitrogens with one attached hydrogen (secondary N) is 2. The first-order valence-corrected chi connectivity index (χ1v) is 7.46. The average molecular weight is 295 g/mol. The van der Waals surface area contributed by atoms with Crippen LogP contribution in [0.4, 0.5) is 11.5 Å². The van der Waals surface area contributed by atoms with E-state index in [9.17, 15) is 8.42 Å². The van der Waals surface area contributed by atoms with Gasteiger partial charge in [0.25, 0.3) is 0 Å². The lowest BCUT2D eigenvalue weighted by atomic mass is 10.3. The van der Waals surface area contributed by atoms with Crippen LogP contribution in [0.5, 0.6) is 0 Å². The van der Waals surface area contributed by atoms with Gasteiger partial charge in [-0.15, -0.1) is 0 Å². The molecule has 0 unspecified atom stereocenters. The number of rotatable bonds is 5. The number of benzene rings is 1. The second kappa shape index (κ2) is 5.51. The molecule has 0 saturated carbocycles. The first-order valence-electron chi connectivity index (χ1n) is 5.98. The molecule has 0 saturated heterocycles. The lowest BCUT2D eigenvalue weighted by Crippen LogP contribution is -2.18. The molecule has 0 atom stereocenters. The van der Waals surface area contributed by atoms with Gasteiger partial charge in [-0.2, -0.15) is 5.10 Å². The van der Waals surface area contributed by atoms with Crippen LogP contribution in [0.25, 0.3) is 0 Å². The fourth-order valence-corrected chi connectivity index (χ4v) is 2.43. The molecular weight excluding hydrogens is 278 g/mol. The molecule has 0 fully saturated rings. The number of hydrogen-bond acceptors (Lipinski definition) is 5. The summed E-state index contributed by atoms with van der Waals surface area (Å²) in [5.41, 5.74) is 7.54. The van der Waals surface area contributed by atoms with E-state index < -0.39 is 10.0 Å². The van der Waals surface area contributed by atoms with E-state index in [1.54, 1.807) is 42.2 Å². The summed E-state index contributed by atoms with van der Waals surface area (Å²) in [7, 11) is -0.241. The summed E-state index contributed by atoms with van der Waals surface area (Å²) >= 11 is 0. The summed E-state index contributed by atoms with van der Waals surface area (Å²) in [6.45, 7) is 0.526. The first-order chi connectivity index (χ1) is 9.44. The van der Waals surface area contributed by atoms with Crippen LogP contribution < -0.4 is 15.8 Å². The van der Waals surface area contributed by atoms with Crippen molar-refractivity contribution in [1.82, 2.24) is 14.5 Å². The maximum absolute atomic E-state index is 11.6. The number of nitrogen functional groups attached to an aromatic ring is 1. The number of anilines is 2. The highest BCUT2D eigenvalue weighted by Crippen LogP contribution is 2.16. The topological polar surface area (TPSA) is 102 Å². The molecule has 8 heteroatoms. The van der Waals surface area contributed by atoms with Crippen molar-refractivity contribution in [3.05, 3.63) is 36.0 Å². The van der Waals surface area contributed by atoms with Crippen LogP contribution in [-0.2, 0) is 23.6 Å². The van der Waals surface area contributed by atoms with Gasteiger partial charge < -0.3 is 11.1 Å². The third kappa shape index (κ3) is 2.91. The van der Waals surface area contributed by atoms with Crippen LogP contribution in [-0.4, -0.2) is 25.2 Å². The number of aromatic nitrogens is 2. The van der Waals surface area contributed by atoms with Crippen LogP contribution in [0.1, 0.15) is 5.56 Å². The van der Waals surface area contributed by atoms with E-state index in [4.69, 9.17) is 5.73 Å². The summed E-state index contributed by atoms with van der Waals surface area (Å²) < 4.78 is 27.0. The highest BCUT2D eigenvalue weighted by Gasteiger charge is 2.10. The Kier molecular flexibility index (Phi) is 3.96. The quantitative estimate of drug-likeness (QED) is 0.746. The summed E-state index contributed by atoms with van der Waals surface area (Å²) in [6.07, 6.45) is 1.70. The Morgan fingerprint density at radius 3 is 2.45 bits per heavy atom. The van der Waals surface area contributed by atoms with Crippen molar-refractivity contribution in [2.24, 2.45) is 7.05 Å². The molecule has 2 aromatic rings. The maximum atomic E-state index is 11.6. The molecule has 0 aliphatic carbocycles. The fourth-order valence-electron chi connectivity index (χ4n) is 1.70. The average Bonchev–Trinajstić information content (AvgIpc) is 2.77. The summed E-state index contributed by atoms with van der Waals surface area (Å²) in [4.78, 5) is 0.228. The van der Waals surface area contributed by atoms with Gasteiger partial charge in [-0.3, -0.25) is 4.68 Å². The second-order valence-electron chi connectivity index (χ2n) is 4.26. The highest BCUT2D eigenvalue weighted by atomic mass is 32.2. The third-order valence-corrected chi connectivity index (χ3v) is 4.41. The molecule has 0 amide bonds. The molecule has 108 valence electrons. The van der Waals surface area contributed by atoms with Crippen LogP contribution in [0.15, 0.2) is 35.4 Å². The second-order valence-corrected chi connectivity index (χ2v) is 6.15. The normalized spacial score (nSPS) is 11.5. The van der Waals surface area contributed by atoms with Crippen molar-refractivity contribution in [1.29, 1.82) is 0 Å². The predicted molar refractivity (Wildman–Crippen MR) is 77.6 cm³/mol. The maximum Gasteiger partial charge on any atom is 0.240 e. The zero-order chi connectivity index (χ0) is 14.8. The van der Waals surface area contributed by atoms with Gasteiger partial charge >= 0.3 is 0 Å². The van der Waals surface area contributed by atoms with E-state index in [0.29, 0.717) is 12.4 Å². The van der Waals surface area contributed by atoms with E-state index in [1.165, 1.54) is 7.05 Å². The van der Waals surface area contributed by atoms with Crippen molar-refractivity contribution in [3.8, 4) is 0 Å². The molecule has 0 spiro atoms. The van der Waals surface area contributed by atoms with E-state index in [2.05, 4.69) is 15.1 Å². The lowest BCUT2D eigenvalue weighted by Gasteiger charge is -2.07. The third-order valence-electron chi connectivity index (χ3n) is 2.98.